The molecular weight excluding hydrogens is 348 g/mol. The van der Waals surface area contributed by atoms with Crippen molar-refractivity contribution in [2.24, 2.45) is 0 Å². The van der Waals surface area contributed by atoms with Crippen molar-refractivity contribution in [1.82, 2.24) is 9.80 Å². The lowest BCUT2D eigenvalue weighted by Crippen LogP contribution is -2.49. The minimum atomic E-state index is -0.242. The van der Waals surface area contributed by atoms with Gasteiger partial charge >= 0.3 is 6.03 Å². The number of piperazine rings is 1. The number of anilines is 2. The number of carbonyl (C=O) groups is 2. The Morgan fingerprint density at radius 1 is 1.07 bits per heavy atom. The van der Waals surface area contributed by atoms with Crippen LogP contribution in [0.3, 0.4) is 0 Å². The van der Waals surface area contributed by atoms with Crippen LogP contribution in [-0.2, 0) is 16.1 Å². The fraction of sp³-hybridized carbons (Fsp3) is 0.368. The van der Waals surface area contributed by atoms with Gasteiger partial charge in [-0.1, -0.05) is 6.07 Å². The molecule has 2 heterocycles. The molecule has 1 saturated heterocycles. The van der Waals surface area contributed by atoms with Crippen LogP contribution in [0.25, 0.3) is 0 Å². The minimum Gasteiger partial charge on any atom is -0.468 e. The number of furan rings is 1. The van der Waals surface area contributed by atoms with Crippen LogP contribution >= 0.6 is 0 Å². The molecule has 0 spiro atoms. The van der Waals surface area contributed by atoms with E-state index >= 15 is 0 Å². The predicted molar refractivity (Wildman–Crippen MR) is 102 cm³/mol. The molecule has 1 aromatic heterocycles. The van der Waals surface area contributed by atoms with E-state index in [-0.39, 0.29) is 18.5 Å². The van der Waals surface area contributed by atoms with Crippen molar-refractivity contribution in [3.8, 4) is 0 Å². The largest absolute Gasteiger partial charge is 0.468 e. The molecule has 0 aliphatic carbocycles. The topological polar surface area (TPSA) is 87.0 Å². The van der Waals surface area contributed by atoms with Crippen LogP contribution < -0.4 is 10.6 Å². The molecule has 1 aliphatic rings. The minimum absolute atomic E-state index is 0.0150. The van der Waals surface area contributed by atoms with E-state index in [1.165, 1.54) is 7.11 Å². The maximum Gasteiger partial charge on any atom is 0.321 e. The van der Waals surface area contributed by atoms with Crippen LogP contribution in [0.1, 0.15) is 5.76 Å². The van der Waals surface area contributed by atoms with Gasteiger partial charge in [0.05, 0.1) is 12.8 Å². The fourth-order valence-electron chi connectivity index (χ4n) is 2.94. The molecule has 3 rings (SSSR count). The summed E-state index contributed by atoms with van der Waals surface area (Å²) in [5.41, 5.74) is 1.24. The van der Waals surface area contributed by atoms with Gasteiger partial charge in [-0.25, -0.2) is 4.79 Å². The Morgan fingerprint density at radius 3 is 2.48 bits per heavy atom. The Bertz CT molecular complexity index is 755. The summed E-state index contributed by atoms with van der Waals surface area (Å²) in [7, 11) is 1.46. The third-order valence-electron chi connectivity index (χ3n) is 4.29. The summed E-state index contributed by atoms with van der Waals surface area (Å²) in [6.07, 6.45) is 1.67. The van der Waals surface area contributed by atoms with Gasteiger partial charge in [-0.3, -0.25) is 9.69 Å². The van der Waals surface area contributed by atoms with Gasteiger partial charge in [0.15, 0.2) is 0 Å². The average Bonchev–Trinajstić information content (AvgIpc) is 3.16. The first-order chi connectivity index (χ1) is 13.1. The van der Waals surface area contributed by atoms with Crippen molar-refractivity contribution < 1.29 is 18.7 Å². The van der Waals surface area contributed by atoms with E-state index in [0.29, 0.717) is 24.5 Å². The molecule has 0 bridgehead atoms. The van der Waals surface area contributed by atoms with Crippen LogP contribution in [0.5, 0.6) is 0 Å². The first kappa shape index (κ1) is 18.9. The highest BCUT2D eigenvalue weighted by molar-refractivity contribution is 5.94. The van der Waals surface area contributed by atoms with E-state index in [0.717, 1.165) is 25.4 Å². The van der Waals surface area contributed by atoms with Crippen molar-refractivity contribution in [2.75, 3.05) is 50.5 Å². The van der Waals surface area contributed by atoms with Crippen molar-refractivity contribution in [3.63, 3.8) is 0 Å². The van der Waals surface area contributed by atoms with Crippen LogP contribution in [0.4, 0.5) is 16.2 Å². The number of hydrogen-bond acceptors (Lipinski definition) is 5. The van der Waals surface area contributed by atoms with Gasteiger partial charge in [0, 0.05) is 44.7 Å². The van der Waals surface area contributed by atoms with Gasteiger partial charge in [-0.15, -0.1) is 0 Å². The second-order valence-electron chi connectivity index (χ2n) is 6.33. The summed E-state index contributed by atoms with van der Waals surface area (Å²) in [4.78, 5) is 28.1. The number of urea groups is 1. The number of nitrogens with zero attached hydrogens (tertiary/aromatic N) is 2. The molecule has 8 heteroatoms. The standard InChI is InChI=1S/C19H24N4O4/c1-26-14-18(24)20-15-4-2-5-16(12-15)21-19(25)23-9-7-22(8-10-23)13-17-6-3-11-27-17/h2-6,11-12H,7-10,13-14H2,1H3,(H,20,24)(H,21,25). The van der Waals surface area contributed by atoms with Crippen molar-refractivity contribution in [2.45, 2.75) is 6.54 Å². The summed E-state index contributed by atoms with van der Waals surface area (Å²) in [5, 5.41) is 5.60. The molecule has 8 nitrogen and oxygen atoms in total. The van der Waals surface area contributed by atoms with Crippen molar-refractivity contribution in [3.05, 3.63) is 48.4 Å². The van der Waals surface area contributed by atoms with Crippen LogP contribution in [0.15, 0.2) is 47.1 Å². The Morgan fingerprint density at radius 2 is 1.81 bits per heavy atom. The van der Waals surface area contributed by atoms with E-state index in [1.807, 2.05) is 12.1 Å². The summed E-state index contributed by atoms with van der Waals surface area (Å²) in [6.45, 7) is 3.63. The van der Waals surface area contributed by atoms with E-state index < -0.39 is 0 Å². The van der Waals surface area contributed by atoms with Gasteiger partial charge in [-0.2, -0.15) is 0 Å². The SMILES string of the molecule is COCC(=O)Nc1cccc(NC(=O)N2CCN(Cc3ccco3)CC2)c1. The van der Waals surface area contributed by atoms with Gasteiger partial charge in [0.2, 0.25) is 5.91 Å². The highest BCUT2D eigenvalue weighted by Crippen LogP contribution is 2.16. The molecule has 0 saturated carbocycles. The van der Waals surface area contributed by atoms with Gasteiger partial charge < -0.3 is 24.7 Å². The molecule has 144 valence electrons. The molecule has 1 aliphatic heterocycles. The number of hydrogen-bond donors (Lipinski definition) is 2. The van der Waals surface area contributed by atoms with E-state index in [2.05, 4.69) is 15.5 Å². The molecule has 2 aromatic rings. The zero-order valence-corrected chi connectivity index (χ0v) is 15.3. The Kier molecular flexibility index (Phi) is 6.45. The van der Waals surface area contributed by atoms with E-state index in [4.69, 9.17) is 9.15 Å². The predicted octanol–water partition coefficient (Wildman–Crippen LogP) is 2.21. The van der Waals surface area contributed by atoms with Gasteiger partial charge in [0.1, 0.15) is 12.4 Å². The zero-order valence-electron chi connectivity index (χ0n) is 15.3. The maximum atomic E-state index is 12.5. The smallest absolute Gasteiger partial charge is 0.321 e. The second kappa shape index (κ2) is 9.20. The summed E-state index contributed by atoms with van der Waals surface area (Å²) >= 11 is 0. The number of ether oxygens (including phenoxy) is 1. The van der Waals surface area contributed by atoms with Gasteiger partial charge in [0.25, 0.3) is 0 Å². The van der Waals surface area contributed by atoms with E-state index in [1.54, 1.807) is 35.4 Å². The van der Waals surface area contributed by atoms with Gasteiger partial charge in [-0.05, 0) is 30.3 Å². The first-order valence-electron chi connectivity index (χ1n) is 8.83. The molecule has 0 unspecified atom stereocenters. The summed E-state index contributed by atoms with van der Waals surface area (Å²) in [6, 6.07) is 10.7. The lowest BCUT2D eigenvalue weighted by Gasteiger charge is -2.34. The highest BCUT2D eigenvalue weighted by Gasteiger charge is 2.21. The van der Waals surface area contributed by atoms with Crippen LogP contribution in [-0.4, -0.2) is 61.6 Å². The molecular formula is C19H24N4O4. The molecule has 1 aromatic carbocycles. The third kappa shape index (κ3) is 5.57. The number of methoxy groups -OCH3 is 1. The molecule has 0 radical (unpaired) electrons. The lowest BCUT2D eigenvalue weighted by atomic mass is 10.2. The normalized spacial score (nSPS) is 14.8. The van der Waals surface area contributed by atoms with Crippen LogP contribution in [0, 0.1) is 0 Å². The molecule has 27 heavy (non-hydrogen) atoms. The van der Waals surface area contributed by atoms with Crippen molar-refractivity contribution in [1.29, 1.82) is 0 Å². The van der Waals surface area contributed by atoms with Crippen molar-refractivity contribution >= 4 is 23.3 Å². The third-order valence-corrected chi connectivity index (χ3v) is 4.29. The van der Waals surface area contributed by atoms with Crippen LogP contribution in [0.2, 0.25) is 0 Å². The fourth-order valence-corrected chi connectivity index (χ4v) is 2.94. The lowest BCUT2D eigenvalue weighted by molar-refractivity contribution is -0.119. The first-order valence-corrected chi connectivity index (χ1v) is 8.83. The van der Waals surface area contributed by atoms with E-state index in [9.17, 15) is 9.59 Å². The molecule has 0 atom stereocenters. The number of benzene rings is 1. The number of amides is 3. The number of rotatable bonds is 6. The quantitative estimate of drug-likeness (QED) is 0.812. The summed E-state index contributed by atoms with van der Waals surface area (Å²) < 4.78 is 10.2. The molecule has 3 amide bonds. The monoisotopic (exact) mass is 372 g/mol. The Balaban J connectivity index is 1.48. The number of carbonyl (C=O) groups excluding carboxylic acids is 2. The number of nitrogens with one attached hydrogen (secondary N) is 2. The highest BCUT2D eigenvalue weighted by atomic mass is 16.5. The Labute approximate surface area is 158 Å². The molecule has 1 fully saturated rings. The average molecular weight is 372 g/mol. The second-order valence-corrected chi connectivity index (χ2v) is 6.33. The maximum absolute atomic E-state index is 12.5. The zero-order chi connectivity index (χ0) is 19.1. The Hall–Kier alpha value is -2.84. The summed E-state index contributed by atoms with van der Waals surface area (Å²) in [5.74, 6) is 0.689. The molecule has 2 N–H and O–H groups in total.